The van der Waals surface area contributed by atoms with Crippen LogP contribution in [0.15, 0.2) is 39.7 Å². The van der Waals surface area contributed by atoms with Crippen molar-refractivity contribution in [3.8, 4) is 11.8 Å². The molecule has 0 saturated heterocycles. The monoisotopic (exact) mass is 363 g/mol. The van der Waals surface area contributed by atoms with Gasteiger partial charge in [0.25, 0.3) is 11.2 Å². The van der Waals surface area contributed by atoms with E-state index in [0.717, 1.165) is 22.4 Å². The van der Waals surface area contributed by atoms with Gasteiger partial charge in [-0.05, 0) is 33.6 Å². The summed E-state index contributed by atoms with van der Waals surface area (Å²) in [6.45, 7) is 0.109. The predicted molar refractivity (Wildman–Crippen MR) is 81.9 cm³/mol. The maximum Gasteiger partial charge on any atom is 0.287 e. The van der Waals surface area contributed by atoms with Crippen LogP contribution in [0.25, 0.3) is 0 Å². The van der Waals surface area contributed by atoms with Crippen molar-refractivity contribution in [1.82, 2.24) is 4.57 Å². The number of benzene rings is 1. The lowest BCUT2D eigenvalue weighted by Gasteiger charge is -2.09. The lowest BCUT2D eigenvalue weighted by atomic mass is 10.2. The number of nitrogens with zero attached hydrogens (tertiary/aromatic N) is 3. The SMILES string of the molecule is COc1ccc(Cn2cc([N+](=O)[O-])cc(C#N)c2=O)cc1Br. The standard InChI is InChI=1S/C14H10BrN3O4/c1-22-13-3-2-9(4-12(13)15)7-17-8-11(18(20)21)5-10(6-16)14(17)19/h2-5,8H,7H2,1H3. The molecular weight excluding hydrogens is 354 g/mol. The Morgan fingerprint density at radius 1 is 1.45 bits per heavy atom. The molecular formula is C14H10BrN3O4. The second kappa shape index (κ2) is 6.41. The zero-order chi connectivity index (χ0) is 16.3. The number of hydrogen-bond acceptors (Lipinski definition) is 5. The van der Waals surface area contributed by atoms with Gasteiger partial charge in [0.2, 0.25) is 0 Å². The predicted octanol–water partition coefficient (Wildman–Crippen LogP) is 2.45. The number of pyridine rings is 1. The van der Waals surface area contributed by atoms with Crippen molar-refractivity contribution < 1.29 is 9.66 Å². The van der Waals surface area contributed by atoms with Crippen molar-refractivity contribution in [2.45, 2.75) is 6.54 Å². The van der Waals surface area contributed by atoms with Gasteiger partial charge >= 0.3 is 0 Å². The number of ether oxygens (including phenoxy) is 1. The summed E-state index contributed by atoms with van der Waals surface area (Å²) in [7, 11) is 1.53. The van der Waals surface area contributed by atoms with Crippen LogP contribution in [-0.2, 0) is 6.54 Å². The maximum absolute atomic E-state index is 12.1. The van der Waals surface area contributed by atoms with Crippen LogP contribution in [0.2, 0.25) is 0 Å². The molecule has 0 radical (unpaired) electrons. The summed E-state index contributed by atoms with van der Waals surface area (Å²) in [5.41, 5.74) is -0.398. The molecule has 1 aromatic heterocycles. The Morgan fingerprint density at radius 3 is 2.73 bits per heavy atom. The fourth-order valence-corrected chi connectivity index (χ4v) is 2.51. The number of aromatic nitrogens is 1. The highest BCUT2D eigenvalue weighted by Crippen LogP contribution is 2.25. The van der Waals surface area contributed by atoms with Gasteiger partial charge in [-0.3, -0.25) is 14.9 Å². The minimum atomic E-state index is -0.638. The minimum absolute atomic E-state index is 0.109. The number of nitro groups is 1. The summed E-state index contributed by atoms with van der Waals surface area (Å²) in [4.78, 5) is 22.3. The summed E-state index contributed by atoms with van der Waals surface area (Å²) in [5, 5.41) is 19.8. The van der Waals surface area contributed by atoms with Crippen LogP contribution < -0.4 is 10.3 Å². The quantitative estimate of drug-likeness (QED) is 0.613. The number of hydrogen-bond donors (Lipinski definition) is 0. The number of nitriles is 1. The molecule has 0 aliphatic rings. The van der Waals surface area contributed by atoms with E-state index in [4.69, 9.17) is 10.00 Å². The van der Waals surface area contributed by atoms with Crippen LogP contribution in [0.3, 0.4) is 0 Å². The summed E-state index contributed by atoms with van der Waals surface area (Å²) >= 11 is 3.33. The van der Waals surface area contributed by atoms with E-state index in [1.54, 1.807) is 24.3 Å². The van der Waals surface area contributed by atoms with Gasteiger partial charge in [-0.25, -0.2) is 0 Å². The van der Waals surface area contributed by atoms with Crippen LogP contribution in [0.4, 0.5) is 5.69 Å². The summed E-state index contributed by atoms with van der Waals surface area (Å²) < 4.78 is 6.96. The lowest BCUT2D eigenvalue weighted by molar-refractivity contribution is -0.385. The largest absolute Gasteiger partial charge is 0.496 e. The summed E-state index contributed by atoms with van der Waals surface area (Å²) in [5.74, 6) is 0.632. The molecule has 8 heteroatoms. The van der Waals surface area contributed by atoms with Crippen LogP contribution in [0.5, 0.6) is 5.75 Å². The fourth-order valence-electron chi connectivity index (χ4n) is 1.92. The Hall–Kier alpha value is -2.66. The molecule has 7 nitrogen and oxygen atoms in total. The number of halogens is 1. The molecule has 0 unspecified atom stereocenters. The third kappa shape index (κ3) is 3.15. The topological polar surface area (TPSA) is 98.2 Å². The molecule has 0 fully saturated rings. The first-order chi connectivity index (χ1) is 10.5. The highest BCUT2D eigenvalue weighted by atomic mass is 79.9. The average molecular weight is 364 g/mol. The van der Waals surface area contributed by atoms with Crippen molar-refractivity contribution >= 4 is 21.6 Å². The molecule has 0 aliphatic heterocycles. The van der Waals surface area contributed by atoms with Crippen molar-refractivity contribution in [3.63, 3.8) is 0 Å². The van der Waals surface area contributed by atoms with E-state index in [1.807, 2.05) is 0 Å². The fraction of sp³-hybridized carbons (Fsp3) is 0.143. The zero-order valence-corrected chi connectivity index (χ0v) is 13.0. The summed E-state index contributed by atoms with van der Waals surface area (Å²) in [6, 6.07) is 7.85. The van der Waals surface area contributed by atoms with Crippen LogP contribution in [0.1, 0.15) is 11.1 Å². The van der Waals surface area contributed by atoms with Gasteiger partial charge in [0.05, 0.1) is 29.2 Å². The Labute approximate surface area is 133 Å². The molecule has 0 saturated carbocycles. The molecule has 0 spiro atoms. The molecule has 2 rings (SSSR count). The Bertz CT molecular complexity index is 839. The third-order valence-electron chi connectivity index (χ3n) is 2.97. The van der Waals surface area contributed by atoms with Crippen molar-refractivity contribution in [3.05, 3.63) is 66.5 Å². The molecule has 0 N–H and O–H groups in total. The van der Waals surface area contributed by atoms with Gasteiger partial charge in [0, 0.05) is 6.07 Å². The lowest BCUT2D eigenvalue weighted by Crippen LogP contribution is -2.23. The molecule has 2 aromatic rings. The van der Waals surface area contributed by atoms with Gasteiger partial charge in [0.15, 0.2) is 0 Å². The summed E-state index contributed by atoms with van der Waals surface area (Å²) in [6.07, 6.45) is 1.13. The van der Waals surface area contributed by atoms with Crippen molar-refractivity contribution in [2.24, 2.45) is 0 Å². The second-order valence-corrected chi connectivity index (χ2v) is 5.24. The van der Waals surface area contributed by atoms with Crippen molar-refractivity contribution in [2.75, 3.05) is 7.11 Å². The normalized spacial score (nSPS) is 10.0. The molecule has 1 heterocycles. The zero-order valence-electron chi connectivity index (χ0n) is 11.4. The Morgan fingerprint density at radius 2 is 2.18 bits per heavy atom. The molecule has 0 atom stereocenters. The van der Waals surface area contributed by atoms with E-state index in [2.05, 4.69) is 15.9 Å². The van der Waals surface area contributed by atoms with Gasteiger partial charge in [0.1, 0.15) is 17.4 Å². The van der Waals surface area contributed by atoms with E-state index >= 15 is 0 Å². The van der Waals surface area contributed by atoms with E-state index in [0.29, 0.717) is 10.2 Å². The van der Waals surface area contributed by atoms with Crippen LogP contribution in [-0.4, -0.2) is 16.6 Å². The van der Waals surface area contributed by atoms with Gasteiger partial charge in [-0.2, -0.15) is 5.26 Å². The van der Waals surface area contributed by atoms with E-state index < -0.39 is 10.5 Å². The Kier molecular flexibility index (Phi) is 4.58. The highest BCUT2D eigenvalue weighted by molar-refractivity contribution is 9.10. The van der Waals surface area contributed by atoms with Crippen molar-refractivity contribution in [1.29, 1.82) is 5.26 Å². The Balaban J connectivity index is 2.47. The van der Waals surface area contributed by atoms with Gasteiger partial charge in [-0.15, -0.1) is 0 Å². The first kappa shape index (κ1) is 15.7. The van der Waals surface area contributed by atoms with Crippen LogP contribution >= 0.6 is 15.9 Å². The van der Waals surface area contributed by atoms with E-state index in [1.165, 1.54) is 7.11 Å². The average Bonchev–Trinajstić information content (AvgIpc) is 2.49. The molecule has 112 valence electrons. The smallest absolute Gasteiger partial charge is 0.287 e. The van der Waals surface area contributed by atoms with E-state index in [-0.39, 0.29) is 17.8 Å². The van der Waals surface area contributed by atoms with E-state index in [9.17, 15) is 14.9 Å². The third-order valence-corrected chi connectivity index (χ3v) is 3.59. The highest BCUT2D eigenvalue weighted by Gasteiger charge is 2.14. The second-order valence-electron chi connectivity index (χ2n) is 4.38. The molecule has 0 bridgehead atoms. The van der Waals surface area contributed by atoms with Gasteiger partial charge < -0.3 is 9.30 Å². The number of methoxy groups -OCH3 is 1. The molecule has 0 aliphatic carbocycles. The molecule has 0 amide bonds. The van der Waals surface area contributed by atoms with Crippen LogP contribution in [0, 0.1) is 21.4 Å². The minimum Gasteiger partial charge on any atom is -0.496 e. The first-order valence-corrected chi connectivity index (χ1v) is 6.87. The molecule has 1 aromatic carbocycles. The van der Waals surface area contributed by atoms with Gasteiger partial charge in [-0.1, -0.05) is 6.07 Å². The maximum atomic E-state index is 12.1. The molecule has 22 heavy (non-hydrogen) atoms. The number of rotatable bonds is 4. The first-order valence-electron chi connectivity index (χ1n) is 6.07.